The number of rotatable bonds is 5. The van der Waals surface area contributed by atoms with Crippen LogP contribution in [-0.2, 0) is 16.0 Å². The summed E-state index contributed by atoms with van der Waals surface area (Å²) in [5.41, 5.74) is 0.302. The Labute approximate surface area is 102 Å². The molecule has 1 unspecified atom stereocenters. The second-order valence-corrected chi connectivity index (χ2v) is 4.75. The molecule has 17 heavy (non-hydrogen) atoms. The van der Waals surface area contributed by atoms with E-state index >= 15 is 0 Å². The normalized spacial score (nSPS) is 13.2. The molecule has 0 bridgehead atoms. The Balaban J connectivity index is 2.55. The minimum Gasteiger partial charge on any atom is -0.469 e. The van der Waals surface area contributed by atoms with E-state index in [1.165, 1.54) is 7.11 Å². The first kappa shape index (κ1) is 13.7. The summed E-state index contributed by atoms with van der Waals surface area (Å²) in [6.45, 7) is 3.41. The molecule has 0 amide bonds. The highest BCUT2D eigenvalue weighted by Crippen LogP contribution is 2.25. The lowest BCUT2D eigenvalue weighted by Crippen LogP contribution is -2.38. The number of esters is 1. The second kappa shape index (κ2) is 5.82. The second-order valence-electron chi connectivity index (χ2n) is 4.75. The summed E-state index contributed by atoms with van der Waals surface area (Å²) in [5, 5.41) is 10.0. The maximum absolute atomic E-state index is 11.5. The zero-order chi connectivity index (χ0) is 12.9. The minimum atomic E-state index is -0.858. The van der Waals surface area contributed by atoms with Gasteiger partial charge in [0.15, 0.2) is 0 Å². The molecule has 0 saturated heterocycles. The Hall–Kier alpha value is -1.35. The van der Waals surface area contributed by atoms with Gasteiger partial charge in [0.2, 0.25) is 0 Å². The van der Waals surface area contributed by atoms with Crippen molar-refractivity contribution in [3.05, 3.63) is 35.9 Å². The molecular weight excluding hydrogens is 216 g/mol. The number of hydrogen-bond donors (Lipinski definition) is 1. The molecule has 0 aliphatic heterocycles. The fraction of sp³-hybridized carbons (Fsp3) is 0.500. The maximum Gasteiger partial charge on any atom is 0.313 e. The van der Waals surface area contributed by atoms with Crippen molar-refractivity contribution in [2.24, 2.45) is 5.41 Å². The molecule has 1 atom stereocenters. The Kier molecular flexibility index (Phi) is 4.70. The largest absolute Gasteiger partial charge is 0.469 e. The summed E-state index contributed by atoms with van der Waals surface area (Å²) in [6.07, 6.45) is 0.601. The number of benzene rings is 1. The summed E-state index contributed by atoms with van der Waals surface area (Å²) in [6, 6.07) is 9.91. The summed E-state index contributed by atoms with van der Waals surface area (Å²) in [7, 11) is 1.34. The van der Waals surface area contributed by atoms with Gasteiger partial charge in [-0.15, -0.1) is 0 Å². The van der Waals surface area contributed by atoms with Crippen LogP contribution in [0.1, 0.15) is 25.8 Å². The van der Waals surface area contributed by atoms with Gasteiger partial charge in [-0.25, -0.2) is 0 Å². The van der Waals surface area contributed by atoms with Crippen LogP contribution in [0.4, 0.5) is 0 Å². The average molecular weight is 236 g/mol. The first-order chi connectivity index (χ1) is 7.98. The van der Waals surface area contributed by atoms with Crippen LogP contribution >= 0.6 is 0 Å². The van der Waals surface area contributed by atoms with E-state index in [1.807, 2.05) is 30.3 Å². The first-order valence-corrected chi connectivity index (χ1v) is 5.79. The average Bonchev–Trinajstić information content (AvgIpc) is 2.35. The third kappa shape index (κ3) is 3.56. The SMILES string of the molecule is COC(=O)C(C)(C)C(O)CCc1ccccc1. The van der Waals surface area contributed by atoms with E-state index in [1.54, 1.807) is 13.8 Å². The molecule has 94 valence electrons. The van der Waals surface area contributed by atoms with Gasteiger partial charge in [0, 0.05) is 0 Å². The predicted octanol–water partition coefficient (Wildman–Crippen LogP) is 2.18. The van der Waals surface area contributed by atoms with E-state index in [0.717, 1.165) is 12.0 Å². The van der Waals surface area contributed by atoms with Gasteiger partial charge in [0.25, 0.3) is 0 Å². The molecule has 0 saturated carbocycles. The zero-order valence-corrected chi connectivity index (χ0v) is 10.6. The van der Waals surface area contributed by atoms with E-state index in [9.17, 15) is 9.90 Å². The van der Waals surface area contributed by atoms with E-state index in [-0.39, 0.29) is 5.97 Å². The third-order valence-electron chi connectivity index (χ3n) is 3.09. The standard InChI is InChI=1S/C14H20O3/c1-14(2,13(16)17-3)12(15)10-9-11-7-5-4-6-8-11/h4-8,12,15H,9-10H2,1-3H3. The maximum atomic E-state index is 11.5. The monoisotopic (exact) mass is 236 g/mol. The zero-order valence-electron chi connectivity index (χ0n) is 10.6. The number of ether oxygens (including phenoxy) is 1. The number of carbonyl (C=O) groups excluding carboxylic acids is 1. The topological polar surface area (TPSA) is 46.5 Å². The molecule has 1 aromatic rings. The third-order valence-corrected chi connectivity index (χ3v) is 3.09. The van der Waals surface area contributed by atoms with Crippen molar-refractivity contribution in [2.45, 2.75) is 32.8 Å². The Bertz CT molecular complexity index is 357. The molecule has 0 radical (unpaired) electrons. The number of aliphatic hydroxyl groups is 1. The molecule has 0 aliphatic rings. The van der Waals surface area contributed by atoms with Crippen molar-refractivity contribution >= 4 is 5.97 Å². The molecule has 3 nitrogen and oxygen atoms in total. The van der Waals surface area contributed by atoms with E-state index in [0.29, 0.717) is 6.42 Å². The number of hydrogen-bond acceptors (Lipinski definition) is 3. The molecule has 1 aromatic carbocycles. The lowest BCUT2D eigenvalue weighted by Gasteiger charge is -2.27. The number of aryl methyl sites for hydroxylation is 1. The molecule has 0 aromatic heterocycles. The van der Waals surface area contributed by atoms with Gasteiger partial charge in [0.05, 0.1) is 18.6 Å². The fourth-order valence-electron chi connectivity index (χ4n) is 1.71. The van der Waals surface area contributed by atoms with Crippen LogP contribution < -0.4 is 0 Å². The molecule has 1 rings (SSSR count). The molecule has 0 heterocycles. The summed E-state index contributed by atoms with van der Waals surface area (Å²) in [5.74, 6) is -0.377. The number of methoxy groups -OCH3 is 1. The Morgan fingerprint density at radius 1 is 1.35 bits per heavy atom. The van der Waals surface area contributed by atoms with Crippen molar-refractivity contribution in [3.8, 4) is 0 Å². The van der Waals surface area contributed by atoms with Crippen molar-refractivity contribution in [2.75, 3.05) is 7.11 Å². The van der Waals surface area contributed by atoms with Gasteiger partial charge in [-0.05, 0) is 32.3 Å². The van der Waals surface area contributed by atoms with Gasteiger partial charge < -0.3 is 9.84 Å². The van der Waals surface area contributed by atoms with Gasteiger partial charge in [-0.2, -0.15) is 0 Å². The van der Waals surface area contributed by atoms with Gasteiger partial charge >= 0.3 is 5.97 Å². The van der Waals surface area contributed by atoms with Crippen molar-refractivity contribution in [1.82, 2.24) is 0 Å². The lowest BCUT2D eigenvalue weighted by molar-refractivity contribution is -0.157. The van der Waals surface area contributed by atoms with Gasteiger partial charge in [-0.1, -0.05) is 30.3 Å². The molecule has 3 heteroatoms. The number of aliphatic hydroxyl groups excluding tert-OH is 1. The van der Waals surface area contributed by atoms with Crippen LogP contribution in [-0.4, -0.2) is 24.3 Å². The van der Waals surface area contributed by atoms with Crippen molar-refractivity contribution < 1.29 is 14.6 Å². The minimum absolute atomic E-state index is 0.377. The van der Waals surface area contributed by atoms with E-state index in [4.69, 9.17) is 0 Å². The van der Waals surface area contributed by atoms with Crippen molar-refractivity contribution in [1.29, 1.82) is 0 Å². The summed E-state index contributed by atoms with van der Waals surface area (Å²) in [4.78, 5) is 11.5. The van der Waals surface area contributed by atoms with Crippen LogP contribution in [0.15, 0.2) is 30.3 Å². The number of carbonyl (C=O) groups is 1. The molecule has 0 spiro atoms. The quantitative estimate of drug-likeness (QED) is 0.797. The van der Waals surface area contributed by atoms with Crippen LogP contribution in [0.2, 0.25) is 0 Å². The Morgan fingerprint density at radius 2 is 1.94 bits per heavy atom. The molecule has 1 N–H and O–H groups in total. The summed E-state index contributed by atoms with van der Waals surface area (Å²) >= 11 is 0. The highest BCUT2D eigenvalue weighted by molar-refractivity contribution is 5.76. The molecule has 0 aliphatic carbocycles. The first-order valence-electron chi connectivity index (χ1n) is 5.79. The fourth-order valence-corrected chi connectivity index (χ4v) is 1.71. The van der Waals surface area contributed by atoms with E-state index in [2.05, 4.69) is 4.74 Å². The molecular formula is C14H20O3. The highest BCUT2D eigenvalue weighted by Gasteiger charge is 2.36. The Morgan fingerprint density at radius 3 is 2.47 bits per heavy atom. The van der Waals surface area contributed by atoms with Crippen LogP contribution in [0.5, 0.6) is 0 Å². The van der Waals surface area contributed by atoms with Crippen LogP contribution in [0.25, 0.3) is 0 Å². The molecule has 0 fully saturated rings. The lowest BCUT2D eigenvalue weighted by atomic mass is 9.83. The van der Waals surface area contributed by atoms with Gasteiger partial charge in [0.1, 0.15) is 0 Å². The van der Waals surface area contributed by atoms with Crippen LogP contribution in [0.3, 0.4) is 0 Å². The van der Waals surface area contributed by atoms with E-state index < -0.39 is 11.5 Å². The predicted molar refractivity (Wildman–Crippen MR) is 66.6 cm³/mol. The smallest absolute Gasteiger partial charge is 0.313 e. The van der Waals surface area contributed by atoms with Crippen molar-refractivity contribution in [3.63, 3.8) is 0 Å². The van der Waals surface area contributed by atoms with Crippen LogP contribution in [0, 0.1) is 5.41 Å². The highest BCUT2D eigenvalue weighted by atomic mass is 16.5. The van der Waals surface area contributed by atoms with Gasteiger partial charge in [-0.3, -0.25) is 4.79 Å². The summed E-state index contributed by atoms with van der Waals surface area (Å²) < 4.78 is 4.69.